The zero-order chi connectivity index (χ0) is 14.8. The normalized spacial score (nSPS) is 10.5. The lowest BCUT2D eigenvalue weighted by Gasteiger charge is -2.07. The lowest BCUT2D eigenvalue weighted by Crippen LogP contribution is -1.89. The molecule has 1 heterocycles. The van der Waals surface area contributed by atoms with E-state index in [0.717, 1.165) is 33.1 Å². The average molecular weight is 295 g/mol. The largest absolute Gasteiger partial charge is 0.496 e. The highest BCUT2D eigenvalue weighted by Gasteiger charge is 2.11. The van der Waals surface area contributed by atoms with Crippen molar-refractivity contribution in [1.29, 1.82) is 5.26 Å². The average Bonchev–Trinajstić information content (AvgIpc) is 2.96. The molecule has 0 fully saturated rings. The van der Waals surface area contributed by atoms with Crippen LogP contribution in [0.3, 0.4) is 0 Å². The van der Waals surface area contributed by atoms with Crippen molar-refractivity contribution in [1.82, 2.24) is 9.97 Å². The third-order valence-corrected chi connectivity index (χ3v) is 4.00. The van der Waals surface area contributed by atoms with Gasteiger partial charge < -0.3 is 9.72 Å². The van der Waals surface area contributed by atoms with Crippen LogP contribution in [-0.2, 0) is 0 Å². The lowest BCUT2D eigenvalue weighted by molar-refractivity contribution is 0.415. The number of nitriles is 1. The minimum absolute atomic E-state index is 0.613. The molecule has 0 aliphatic rings. The van der Waals surface area contributed by atoms with Gasteiger partial charge in [-0.05, 0) is 42.7 Å². The summed E-state index contributed by atoms with van der Waals surface area (Å²) in [6.07, 6.45) is 2.03. The van der Waals surface area contributed by atoms with Crippen molar-refractivity contribution in [3.63, 3.8) is 0 Å². The molecule has 104 valence electrons. The van der Waals surface area contributed by atoms with Crippen LogP contribution in [-0.4, -0.2) is 23.3 Å². The third-order valence-electron chi connectivity index (χ3n) is 3.27. The highest BCUT2D eigenvalue weighted by atomic mass is 32.2. The maximum Gasteiger partial charge on any atom is 0.142 e. The number of nitrogens with zero attached hydrogens (tertiary/aromatic N) is 2. The summed E-state index contributed by atoms with van der Waals surface area (Å²) in [4.78, 5) is 8.96. The van der Waals surface area contributed by atoms with Gasteiger partial charge in [0.15, 0.2) is 0 Å². The number of aromatic nitrogens is 2. The molecule has 1 N–H and O–H groups in total. The Kier molecular flexibility index (Phi) is 3.55. The van der Waals surface area contributed by atoms with E-state index in [1.165, 1.54) is 0 Å². The molecule has 4 nitrogen and oxygen atoms in total. The summed E-state index contributed by atoms with van der Waals surface area (Å²) in [5.41, 5.74) is 3.20. The zero-order valence-corrected chi connectivity index (χ0v) is 12.5. The number of hydrogen-bond donors (Lipinski definition) is 1. The molecule has 0 radical (unpaired) electrons. The Balaban J connectivity index is 2.14. The summed E-state index contributed by atoms with van der Waals surface area (Å²) in [5.74, 6) is 1.52. The molecule has 0 unspecified atom stereocenters. The first-order valence-corrected chi connectivity index (χ1v) is 7.60. The summed E-state index contributed by atoms with van der Waals surface area (Å²) in [6, 6.07) is 13.6. The summed E-state index contributed by atoms with van der Waals surface area (Å²) in [5, 5.41) is 8.95. The van der Waals surface area contributed by atoms with E-state index in [2.05, 4.69) is 16.0 Å². The van der Waals surface area contributed by atoms with Gasteiger partial charge in [-0.25, -0.2) is 4.98 Å². The molecule has 0 saturated carbocycles. The van der Waals surface area contributed by atoms with Gasteiger partial charge in [0.25, 0.3) is 0 Å². The summed E-state index contributed by atoms with van der Waals surface area (Å²) >= 11 is 1.67. The molecule has 0 saturated heterocycles. The predicted molar refractivity (Wildman–Crippen MR) is 84.6 cm³/mol. The van der Waals surface area contributed by atoms with E-state index >= 15 is 0 Å². The van der Waals surface area contributed by atoms with E-state index in [9.17, 15) is 0 Å². The molecule has 5 heteroatoms. The van der Waals surface area contributed by atoms with Gasteiger partial charge in [0.1, 0.15) is 11.6 Å². The first-order chi connectivity index (χ1) is 10.2. The first-order valence-electron chi connectivity index (χ1n) is 6.37. The molecular weight excluding hydrogens is 282 g/mol. The molecule has 0 amide bonds. The van der Waals surface area contributed by atoms with Crippen molar-refractivity contribution in [2.75, 3.05) is 13.4 Å². The van der Waals surface area contributed by atoms with Crippen molar-refractivity contribution in [2.45, 2.75) is 4.90 Å². The van der Waals surface area contributed by atoms with Gasteiger partial charge in [-0.3, -0.25) is 0 Å². The number of H-pyrrole nitrogens is 1. The van der Waals surface area contributed by atoms with E-state index in [1.54, 1.807) is 31.0 Å². The quantitative estimate of drug-likeness (QED) is 0.746. The second-order valence-electron chi connectivity index (χ2n) is 4.50. The zero-order valence-electron chi connectivity index (χ0n) is 11.7. The molecule has 3 rings (SSSR count). The summed E-state index contributed by atoms with van der Waals surface area (Å²) < 4.78 is 5.46. The number of imidazole rings is 1. The molecule has 2 aromatic carbocycles. The Morgan fingerprint density at radius 2 is 2.10 bits per heavy atom. The molecule has 0 bridgehead atoms. The van der Waals surface area contributed by atoms with E-state index in [1.807, 2.05) is 30.5 Å². The van der Waals surface area contributed by atoms with Crippen LogP contribution in [0.4, 0.5) is 0 Å². The number of ether oxygens (including phenoxy) is 1. The number of thioether (sulfide) groups is 1. The Bertz CT molecular complexity index is 848. The van der Waals surface area contributed by atoms with Crippen LogP contribution in [0.2, 0.25) is 0 Å². The van der Waals surface area contributed by atoms with Crippen molar-refractivity contribution in [2.24, 2.45) is 0 Å². The second kappa shape index (κ2) is 5.51. The van der Waals surface area contributed by atoms with Crippen LogP contribution >= 0.6 is 11.8 Å². The lowest BCUT2D eigenvalue weighted by atomic mass is 10.2. The van der Waals surface area contributed by atoms with Crippen molar-refractivity contribution < 1.29 is 4.74 Å². The van der Waals surface area contributed by atoms with Crippen LogP contribution in [0, 0.1) is 11.3 Å². The third kappa shape index (κ3) is 2.46. The smallest absolute Gasteiger partial charge is 0.142 e. The monoisotopic (exact) mass is 295 g/mol. The Morgan fingerprint density at radius 1 is 1.24 bits per heavy atom. The molecule has 0 aliphatic carbocycles. The summed E-state index contributed by atoms with van der Waals surface area (Å²) in [6.45, 7) is 0. The first kappa shape index (κ1) is 13.5. The van der Waals surface area contributed by atoms with Crippen LogP contribution in [0.1, 0.15) is 5.56 Å². The number of aromatic amines is 1. The predicted octanol–water partition coefficient (Wildman–Crippen LogP) is 3.83. The SMILES string of the molecule is COc1cc(SC)ccc1-c1nc2ccc(C#N)cc2[nH]1. The highest BCUT2D eigenvalue weighted by Crippen LogP contribution is 2.32. The van der Waals surface area contributed by atoms with Gasteiger partial charge >= 0.3 is 0 Å². The number of rotatable bonds is 3. The molecule has 3 aromatic rings. The van der Waals surface area contributed by atoms with Crippen LogP contribution in [0.5, 0.6) is 5.75 Å². The van der Waals surface area contributed by atoms with Crippen LogP contribution < -0.4 is 4.74 Å². The Hall–Kier alpha value is -2.45. The fraction of sp³-hybridized carbons (Fsp3) is 0.125. The molecule has 0 spiro atoms. The van der Waals surface area contributed by atoms with Crippen LogP contribution in [0.25, 0.3) is 22.4 Å². The number of methoxy groups -OCH3 is 1. The van der Waals surface area contributed by atoms with Gasteiger partial charge in [-0.15, -0.1) is 11.8 Å². The second-order valence-corrected chi connectivity index (χ2v) is 5.38. The van der Waals surface area contributed by atoms with Crippen molar-refractivity contribution in [3.05, 3.63) is 42.0 Å². The fourth-order valence-electron chi connectivity index (χ4n) is 2.20. The van der Waals surface area contributed by atoms with E-state index in [-0.39, 0.29) is 0 Å². The number of hydrogen-bond acceptors (Lipinski definition) is 4. The molecule has 0 atom stereocenters. The van der Waals surface area contributed by atoms with Crippen LogP contribution in [0.15, 0.2) is 41.3 Å². The maximum absolute atomic E-state index is 8.95. The fourth-order valence-corrected chi connectivity index (χ4v) is 2.63. The van der Waals surface area contributed by atoms with Gasteiger partial charge in [0.2, 0.25) is 0 Å². The standard InChI is InChI=1S/C16H13N3OS/c1-20-15-8-11(21-2)4-5-12(15)16-18-13-6-3-10(9-17)7-14(13)19-16/h3-8H,1-2H3,(H,18,19). The number of fused-ring (bicyclic) bond motifs is 1. The molecule has 1 aromatic heterocycles. The minimum Gasteiger partial charge on any atom is -0.496 e. The molecule has 0 aliphatic heterocycles. The van der Waals surface area contributed by atoms with E-state index < -0.39 is 0 Å². The minimum atomic E-state index is 0.613. The summed E-state index contributed by atoms with van der Waals surface area (Å²) in [7, 11) is 1.65. The van der Waals surface area contributed by atoms with Gasteiger partial charge in [0, 0.05) is 4.90 Å². The highest BCUT2D eigenvalue weighted by molar-refractivity contribution is 7.98. The van der Waals surface area contributed by atoms with E-state index in [4.69, 9.17) is 10.00 Å². The van der Waals surface area contributed by atoms with Gasteiger partial charge in [-0.1, -0.05) is 0 Å². The van der Waals surface area contributed by atoms with Gasteiger partial charge in [-0.2, -0.15) is 5.26 Å². The van der Waals surface area contributed by atoms with Gasteiger partial charge in [0.05, 0.1) is 35.3 Å². The maximum atomic E-state index is 8.95. The Labute approximate surface area is 126 Å². The number of nitrogens with one attached hydrogen (secondary N) is 1. The van der Waals surface area contributed by atoms with Crippen molar-refractivity contribution in [3.8, 4) is 23.2 Å². The molecule has 21 heavy (non-hydrogen) atoms. The Morgan fingerprint density at radius 3 is 2.81 bits per heavy atom. The van der Waals surface area contributed by atoms with Crippen molar-refractivity contribution >= 4 is 22.8 Å². The molecular formula is C16H13N3OS. The van der Waals surface area contributed by atoms with E-state index in [0.29, 0.717) is 5.56 Å². The number of benzene rings is 2. The topological polar surface area (TPSA) is 61.7 Å².